The van der Waals surface area contributed by atoms with Crippen molar-refractivity contribution in [1.29, 1.82) is 10.5 Å². The van der Waals surface area contributed by atoms with Crippen molar-refractivity contribution in [2.45, 2.75) is 18.6 Å². The number of hydrogen-bond acceptors (Lipinski definition) is 4. The fourth-order valence-corrected chi connectivity index (χ4v) is 3.99. The van der Waals surface area contributed by atoms with E-state index >= 15 is 0 Å². The van der Waals surface area contributed by atoms with Gasteiger partial charge in [0.25, 0.3) is 0 Å². The number of benzene rings is 1. The molecule has 1 saturated heterocycles. The first-order valence-electron chi connectivity index (χ1n) is 6.42. The quantitative estimate of drug-likeness (QED) is 0.846. The maximum atomic E-state index is 12.4. The van der Waals surface area contributed by atoms with E-state index in [2.05, 4.69) is 6.07 Å². The first kappa shape index (κ1) is 14.5. The largest absolute Gasteiger partial charge is 0.218 e. The van der Waals surface area contributed by atoms with Crippen LogP contribution in [0.4, 0.5) is 0 Å². The number of rotatable bonds is 3. The van der Waals surface area contributed by atoms with Crippen LogP contribution in [0.25, 0.3) is 0 Å². The highest BCUT2D eigenvalue weighted by Crippen LogP contribution is 2.21. The van der Waals surface area contributed by atoms with Crippen LogP contribution < -0.4 is 0 Å². The Morgan fingerprint density at radius 3 is 2.75 bits per heavy atom. The van der Waals surface area contributed by atoms with E-state index in [0.29, 0.717) is 24.1 Å². The summed E-state index contributed by atoms with van der Waals surface area (Å²) in [5.74, 6) is -0.417. The lowest BCUT2D eigenvalue weighted by molar-refractivity contribution is 0.304. The van der Waals surface area contributed by atoms with Gasteiger partial charge in [-0.3, -0.25) is 0 Å². The molecule has 5 nitrogen and oxygen atoms in total. The number of piperidine rings is 1. The SMILES string of the molecule is N#Cc1ccccc1CS(=O)(=O)N1CCCC(C#N)C1. The van der Waals surface area contributed by atoms with Gasteiger partial charge in [-0.15, -0.1) is 0 Å². The Labute approximate surface area is 119 Å². The molecule has 1 atom stereocenters. The molecule has 1 heterocycles. The molecule has 0 bridgehead atoms. The number of sulfonamides is 1. The molecule has 6 heteroatoms. The third kappa shape index (κ3) is 3.16. The summed E-state index contributed by atoms with van der Waals surface area (Å²) in [6.07, 6.45) is 1.45. The van der Waals surface area contributed by atoms with Gasteiger partial charge >= 0.3 is 0 Å². The molecule has 0 aliphatic carbocycles. The molecular formula is C14H15N3O2S. The summed E-state index contributed by atoms with van der Waals surface area (Å²) >= 11 is 0. The summed E-state index contributed by atoms with van der Waals surface area (Å²) in [7, 11) is -3.48. The predicted molar refractivity (Wildman–Crippen MR) is 73.7 cm³/mol. The lowest BCUT2D eigenvalue weighted by Gasteiger charge is -2.28. The fraction of sp³-hybridized carbons (Fsp3) is 0.429. The molecular weight excluding hydrogens is 274 g/mol. The van der Waals surface area contributed by atoms with E-state index in [1.54, 1.807) is 24.3 Å². The van der Waals surface area contributed by atoms with Gasteiger partial charge < -0.3 is 0 Å². The van der Waals surface area contributed by atoms with Gasteiger partial charge in [0.1, 0.15) is 0 Å². The summed E-state index contributed by atoms with van der Waals surface area (Å²) in [5, 5.41) is 17.9. The van der Waals surface area contributed by atoms with E-state index in [4.69, 9.17) is 10.5 Å². The second kappa shape index (κ2) is 6.04. The van der Waals surface area contributed by atoms with Crippen molar-refractivity contribution in [3.05, 3.63) is 35.4 Å². The van der Waals surface area contributed by atoms with Crippen LogP contribution in [0.2, 0.25) is 0 Å². The Kier molecular flexibility index (Phi) is 4.39. The van der Waals surface area contributed by atoms with Gasteiger partial charge in [-0.05, 0) is 24.5 Å². The molecule has 1 aliphatic heterocycles. The van der Waals surface area contributed by atoms with Crippen LogP contribution in [-0.2, 0) is 15.8 Å². The Bertz CT molecular complexity index is 670. The molecule has 1 fully saturated rings. The Balaban J connectivity index is 2.19. The van der Waals surface area contributed by atoms with Crippen molar-refractivity contribution in [1.82, 2.24) is 4.31 Å². The molecule has 2 rings (SSSR count). The van der Waals surface area contributed by atoms with Gasteiger partial charge in [-0.1, -0.05) is 18.2 Å². The topological polar surface area (TPSA) is 85.0 Å². The zero-order valence-electron chi connectivity index (χ0n) is 11.0. The normalized spacial score (nSPS) is 20.0. The number of hydrogen-bond donors (Lipinski definition) is 0. The Morgan fingerprint density at radius 2 is 2.05 bits per heavy atom. The van der Waals surface area contributed by atoms with Crippen LogP contribution in [0.5, 0.6) is 0 Å². The van der Waals surface area contributed by atoms with Crippen molar-refractivity contribution in [3.8, 4) is 12.1 Å². The third-order valence-corrected chi connectivity index (χ3v) is 5.23. The molecule has 1 aromatic rings. The van der Waals surface area contributed by atoms with Crippen LogP contribution in [0.1, 0.15) is 24.0 Å². The second-order valence-corrected chi connectivity index (χ2v) is 6.82. The van der Waals surface area contributed by atoms with Crippen LogP contribution in [-0.4, -0.2) is 25.8 Å². The van der Waals surface area contributed by atoms with Crippen LogP contribution >= 0.6 is 0 Å². The first-order chi connectivity index (χ1) is 9.56. The van der Waals surface area contributed by atoms with Gasteiger partial charge in [-0.25, -0.2) is 12.7 Å². The van der Waals surface area contributed by atoms with Crippen molar-refractivity contribution >= 4 is 10.0 Å². The van der Waals surface area contributed by atoms with Gasteiger partial charge in [0.2, 0.25) is 10.0 Å². The second-order valence-electron chi connectivity index (χ2n) is 4.85. The number of nitrogens with zero attached hydrogens (tertiary/aromatic N) is 3. The smallest absolute Gasteiger partial charge is 0.212 e. The molecule has 0 amide bonds. The van der Waals surface area contributed by atoms with Crippen LogP contribution in [0.15, 0.2) is 24.3 Å². The molecule has 0 aromatic heterocycles. The lowest BCUT2D eigenvalue weighted by atomic mass is 10.0. The zero-order valence-corrected chi connectivity index (χ0v) is 11.8. The van der Waals surface area contributed by atoms with Gasteiger partial charge in [0.15, 0.2) is 0 Å². The number of nitriles is 2. The molecule has 0 spiro atoms. The van der Waals surface area contributed by atoms with Crippen molar-refractivity contribution in [3.63, 3.8) is 0 Å². The van der Waals surface area contributed by atoms with Crippen LogP contribution in [0, 0.1) is 28.6 Å². The van der Waals surface area contributed by atoms with Gasteiger partial charge in [-0.2, -0.15) is 10.5 Å². The average Bonchev–Trinajstić information content (AvgIpc) is 2.47. The summed E-state index contributed by atoms with van der Waals surface area (Å²) in [6, 6.07) is 10.8. The molecule has 0 radical (unpaired) electrons. The molecule has 1 aliphatic rings. The third-order valence-electron chi connectivity index (χ3n) is 3.44. The maximum Gasteiger partial charge on any atom is 0.218 e. The fourth-order valence-electron chi connectivity index (χ4n) is 2.34. The van der Waals surface area contributed by atoms with Gasteiger partial charge in [0.05, 0.1) is 29.4 Å². The Morgan fingerprint density at radius 1 is 1.30 bits per heavy atom. The summed E-state index contributed by atoms with van der Waals surface area (Å²) < 4.78 is 26.2. The summed E-state index contributed by atoms with van der Waals surface area (Å²) in [6.45, 7) is 0.711. The van der Waals surface area contributed by atoms with Gasteiger partial charge in [0, 0.05) is 13.1 Å². The summed E-state index contributed by atoms with van der Waals surface area (Å²) in [4.78, 5) is 0. The minimum Gasteiger partial charge on any atom is -0.212 e. The van der Waals surface area contributed by atoms with E-state index in [1.807, 2.05) is 6.07 Å². The highest BCUT2D eigenvalue weighted by molar-refractivity contribution is 7.88. The molecule has 0 saturated carbocycles. The van der Waals surface area contributed by atoms with E-state index in [1.165, 1.54) is 4.31 Å². The molecule has 20 heavy (non-hydrogen) atoms. The van der Waals surface area contributed by atoms with Crippen LogP contribution in [0.3, 0.4) is 0 Å². The van der Waals surface area contributed by atoms with E-state index in [0.717, 1.165) is 6.42 Å². The first-order valence-corrected chi connectivity index (χ1v) is 8.03. The highest BCUT2D eigenvalue weighted by atomic mass is 32.2. The standard InChI is InChI=1S/C14H15N3O2S/c15-8-12-4-3-7-17(10-12)20(18,19)11-14-6-2-1-5-13(14)9-16/h1-2,5-6,12H,3-4,7,10-11H2. The van der Waals surface area contributed by atoms with E-state index in [-0.39, 0.29) is 18.2 Å². The average molecular weight is 289 g/mol. The minimum absolute atomic E-state index is 0.186. The summed E-state index contributed by atoms with van der Waals surface area (Å²) in [5.41, 5.74) is 0.888. The molecule has 1 unspecified atom stereocenters. The molecule has 1 aromatic carbocycles. The van der Waals surface area contributed by atoms with Crippen molar-refractivity contribution in [2.75, 3.05) is 13.1 Å². The van der Waals surface area contributed by atoms with Crippen molar-refractivity contribution in [2.24, 2.45) is 5.92 Å². The molecule has 104 valence electrons. The molecule has 0 N–H and O–H groups in total. The minimum atomic E-state index is -3.48. The maximum absolute atomic E-state index is 12.4. The predicted octanol–water partition coefficient (Wildman–Crippen LogP) is 1.62. The lowest BCUT2D eigenvalue weighted by Crippen LogP contribution is -2.40. The van der Waals surface area contributed by atoms with E-state index in [9.17, 15) is 8.42 Å². The monoisotopic (exact) mass is 289 g/mol. The Hall–Kier alpha value is -1.89. The highest BCUT2D eigenvalue weighted by Gasteiger charge is 2.29. The van der Waals surface area contributed by atoms with Crippen molar-refractivity contribution < 1.29 is 8.42 Å². The zero-order chi connectivity index (χ0) is 14.6. The van der Waals surface area contributed by atoms with E-state index < -0.39 is 10.0 Å².